The number of benzene rings is 1. The van der Waals surface area contributed by atoms with Gasteiger partial charge in [0.05, 0.1) is 6.04 Å². The number of carbonyl (C=O) groups excluding carboxylic acids is 2. The van der Waals surface area contributed by atoms with Crippen LogP contribution in [0.25, 0.3) is 0 Å². The first-order chi connectivity index (χ1) is 10.6. The van der Waals surface area contributed by atoms with Crippen molar-refractivity contribution in [3.63, 3.8) is 0 Å². The first-order valence-corrected chi connectivity index (χ1v) is 7.37. The van der Waals surface area contributed by atoms with E-state index in [-0.39, 0.29) is 30.1 Å². The number of carbonyl (C=O) groups is 2. The van der Waals surface area contributed by atoms with Gasteiger partial charge in [-0.05, 0) is 24.6 Å². The Hall–Kier alpha value is -2.49. The van der Waals surface area contributed by atoms with Crippen molar-refractivity contribution in [2.75, 3.05) is 0 Å². The number of hydrogen-bond acceptors (Lipinski definition) is 3. The molecule has 1 amide bonds. The van der Waals surface area contributed by atoms with E-state index in [9.17, 15) is 9.59 Å². The quantitative estimate of drug-likeness (QED) is 0.833. The average Bonchev–Trinajstić information content (AvgIpc) is 2.56. The van der Waals surface area contributed by atoms with Gasteiger partial charge in [0.25, 0.3) is 0 Å². The summed E-state index contributed by atoms with van der Waals surface area (Å²) in [6.45, 7) is 3.69. The molecule has 22 heavy (non-hydrogen) atoms. The lowest BCUT2D eigenvalue weighted by Crippen LogP contribution is -2.32. The number of nitrogens with zero attached hydrogens (tertiary/aromatic N) is 1. The maximum atomic E-state index is 12.2. The minimum atomic E-state index is -0.388. The predicted octanol–water partition coefficient (Wildman–Crippen LogP) is 3.17. The number of nitrogens with one attached hydrogen (secondary N) is 1. The van der Waals surface area contributed by atoms with E-state index in [2.05, 4.69) is 10.3 Å². The highest BCUT2D eigenvalue weighted by molar-refractivity contribution is 5.97. The zero-order valence-electron chi connectivity index (χ0n) is 12.8. The molecule has 1 heterocycles. The monoisotopic (exact) mass is 296 g/mol. The van der Waals surface area contributed by atoms with E-state index in [1.54, 1.807) is 31.3 Å². The normalized spacial score (nSPS) is 13.2. The number of amides is 1. The molecule has 4 nitrogen and oxygen atoms in total. The van der Waals surface area contributed by atoms with Crippen molar-refractivity contribution in [3.8, 4) is 0 Å². The summed E-state index contributed by atoms with van der Waals surface area (Å²) in [4.78, 5) is 28.3. The summed E-state index contributed by atoms with van der Waals surface area (Å²) >= 11 is 0. The lowest BCUT2D eigenvalue weighted by atomic mass is 10.0. The van der Waals surface area contributed by atoms with Crippen LogP contribution >= 0.6 is 0 Å². The van der Waals surface area contributed by atoms with Crippen LogP contribution in [-0.2, 0) is 4.79 Å². The number of rotatable bonds is 6. The van der Waals surface area contributed by atoms with Gasteiger partial charge in [-0.15, -0.1) is 0 Å². The SMILES string of the molecule is C[C@H](NC(=O)[C@@H](C)CC(=O)c1ccccn1)c1ccccc1. The summed E-state index contributed by atoms with van der Waals surface area (Å²) in [5.41, 5.74) is 1.44. The van der Waals surface area contributed by atoms with Crippen LogP contribution in [0.2, 0.25) is 0 Å². The molecule has 1 aromatic heterocycles. The molecule has 4 heteroatoms. The Labute approximate surface area is 130 Å². The van der Waals surface area contributed by atoms with Gasteiger partial charge in [-0.2, -0.15) is 0 Å². The molecule has 0 spiro atoms. The Bertz CT molecular complexity index is 626. The van der Waals surface area contributed by atoms with Gasteiger partial charge in [-0.25, -0.2) is 0 Å². The third-order valence-electron chi connectivity index (χ3n) is 3.55. The van der Waals surface area contributed by atoms with Crippen molar-refractivity contribution >= 4 is 11.7 Å². The van der Waals surface area contributed by atoms with Gasteiger partial charge in [0.2, 0.25) is 5.91 Å². The molecule has 0 radical (unpaired) electrons. The molecule has 0 saturated carbocycles. The molecule has 114 valence electrons. The Morgan fingerprint density at radius 1 is 1.05 bits per heavy atom. The van der Waals surface area contributed by atoms with Gasteiger partial charge in [-0.1, -0.05) is 43.3 Å². The van der Waals surface area contributed by atoms with Gasteiger partial charge in [-0.3, -0.25) is 14.6 Å². The fourth-order valence-electron chi connectivity index (χ4n) is 2.18. The molecule has 2 atom stereocenters. The molecule has 2 rings (SSSR count). The summed E-state index contributed by atoms with van der Waals surface area (Å²) in [6.07, 6.45) is 1.74. The first-order valence-electron chi connectivity index (χ1n) is 7.37. The Morgan fingerprint density at radius 2 is 1.73 bits per heavy atom. The Morgan fingerprint density at radius 3 is 2.36 bits per heavy atom. The van der Waals surface area contributed by atoms with Crippen molar-refractivity contribution < 1.29 is 9.59 Å². The van der Waals surface area contributed by atoms with Gasteiger partial charge in [0.15, 0.2) is 5.78 Å². The molecule has 0 aliphatic heterocycles. The molecule has 0 bridgehead atoms. The fraction of sp³-hybridized carbons (Fsp3) is 0.278. The highest BCUT2D eigenvalue weighted by Gasteiger charge is 2.20. The standard InChI is InChI=1S/C18H20N2O2/c1-13(12-17(21)16-10-6-7-11-19-16)18(22)20-14(2)15-8-4-3-5-9-15/h3-11,13-14H,12H2,1-2H3,(H,20,22)/t13-,14-/m0/s1. The molecule has 1 N–H and O–H groups in total. The fourth-order valence-corrected chi connectivity index (χ4v) is 2.18. The lowest BCUT2D eigenvalue weighted by molar-refractivity contribution is -0.125. The maximum absolute atomic E-state index is 12.2. The minimum Gasteiger partial charge on any atom is -0.349 e. The molecule has 0 aliphatic rings. The molecule has 0 aliphatic carbocycles. The van der Waals surface area contributed by atoms with E-state index >= 15 is 0 Å². The van der Waals surface area contributed by atoms with Crippen LogP contribution in [0.15, 0.2) is 54.7 Å². The molecule has 0 saturated heterocycles. The van der Waals surface area contributed by atoms with Crippen molar-refractivity contribution in [2.24, 2.45) is 5.92 Å². The zero-order chi connectivity index (χ0) is 15.9. The van der Waals surface area contributed by atoms with Crippen LogP contribution in [0.3, 0.4) is 0 Å². The van der Waals surface area contributed by atoms with Gasteiger partial charge in [0, 0.05) is 18.5 Å². The lowest BCUT2D eigenvalue weighted by Gasteiger charge is -2.17. The van der Waals surface area contributed by atoms with E-state index in [0.29, 0.717) is 5.69 Å². The largest absolute Gasteiger partial charge is 0.349 e. The van der Waals surface area contributed by atoms with Gasteiger partial charge < -0.3 is 5.32 Å². The van der Waals surface area contributed by atoms with Crippen LogP contribution < -0.4 is 5.32 Å². The summed E-state index contributed by atoms with van der Waals surface area (Å²) in [6, 6.07) is 14.9. The van der Waals surface area contributed by atoms with Gasteiger partial charge >= 0.3 is 0 Å². The van der Waals surface area contributed by atoms with E-state index in [1.807, 2.05) is 37.3 Å². The van der Waals surface area contributed by atoms with E-state index < -0.39 is 0 Å². The third kappa shape index (κ3) is 4.25. The van der Waals surface area contributed by atoms with E-state index in [1.165, 1.54) is 0 Å². The second-order valence-corrected chi connectivity index (χ2v) is 5.38. The molecular formula is C18H20N2O2. The second kappa shape index (κ2) is 7.50. The summed E-state index contributed by atoms with van der Waals surface area (Å²) in [5.74, 6) is -0.628. The predicted molar refractivity (Wildman–Crippen MR) is 85.3 cm³/mol. The first kappa shape index (κ1) is 15.9. The van der Waals surface area contributed by atoms with Crippen LogP contribution in [0.5, 0.6) is 0 Å². The van der Waals surface area contributed by atoms with Crippen LogP contribution in [-0.4, -0.2) is 16.7 Å². The van der Waals surface area contributed by atoms with Crippen molar-refractivity contribution in [3.05, 3.63) is 66.0 Å². The number of hydrogen-bond donors (Lipinski definition) is 1. The summed E-state index contributed by atoms with van der Waals surface area (Å²) in [7, 11) is 0. The number of ketones is 1. The van der Waals surface area contributed by atoms with Crippen LogP contribution in [0.1, 0.15) is 42.4 Å². The summed E-state index contributed by atoms with van der Waals surface area (Å²) < 4.78 is 0. The molecular weight excluding hydrogens is 276 g/mol. The van der Waals surface area contributed by atoms with Crippen LogP contribution in [0.4, 0.5) is 0 Å². The number of Topliss-reactive ketones (excluding diaryl/α,β-unsaturated/α-hetero) is 1. The van der Waals surface area contributed by atoms with Crippen molar-refractivity contribution in [2.45, 2.75) is 26.3 Å². The molecule has 0 fully saturated rings. The maximum Gasteiger partial charge on any atom is 0.223 e. The van der Waals surface area contributed by atoms with Crippen molar-refractivity contribution in [1.29, 1.82) is 0 Å². The third-order valence-corrected chi connectivity index (χ3v) is 3.55. The molecule has 1 aromatic carbocycles. The molecule has 0 unspecified atom stereocenters. The number of pyridine rings is 1. The van der Waals surface area contributed by atoms with E-state index in [0.717, 1.165) is 5.56 Å². The molecule has 2 aromatic rings. The van der Waals surface area contributed by atoms with Gasteiger partial charge in [0.1, 0.15) is 5.69 Å². The topological polar surface area (TPSA) is 59.1 Å². The minimum absolute atomic E-state index is 0.0823. The van der Waals surface area contributed by atoms with E-state index in [4.69, 9.17) is 0 Å². The second-order valence-electron chi connectivity index (χ2n) is 5.38. The summed E-state index contributed by atoms with van der Waals surface area (Å²) in [5, 5.41) is 2.94. The Balaban J connectivity index is 1.91. The Kier molecular flexibility index (Phi) is 5.42. The number of aromatic nitrogens is 1. The average molecular weight is 296 g/mol. The highest BCUT2D eigenvalue weighted by atomic mass is 16.2. The van der Waals surface area contributed by atoms with Crippen molar-refractivity contribution in [1.82, 2.24) is 10.3 Å². The smallest absolute Gasteiger partial charge is 0.223 e. The highest BCUT2D eigenvalue weighted by Crippen LogP contribution is 2.14. The zero-order valence-corrected chi connectivity index (χ0v) is 12.8. The van der Waals surface area contributed by atoms with Crippen LogP contribution in [0, 0.1) is 5.92 Å².